The zero-order valence-electron chi connectivity index (χ0n) is 15.4. The fourth-order valence-corrected chi connectivity index (χ4v) is 2.49. The van der Waals surface area contributed by atoms with Crippen LogP contribution in [0.2, 0.25) is 0 Å². The molecule has 1 aromatic carbocycles. The van der Waals surface area contributed by atoms with Gasteiger partial charge in [-0.1, -0.05) is 23.8 Å². The van der Waals surface area contributed by atoms with E-state index in [1.54, 1.807) is 24.4 Å². The molecule has 1 heterocycles. The van der Waals surface area contributed by atoms with Gasteiger partial charge in [0.1, 0.15) is 17.1 Å². The van der Waals surface area contributed by atoms with E-state index in [-0.39, 0.29) is 11.3 Å². The lowest BCUT2D eigenvalue weighted by molar-refractivity contribution is 0.0597. The van der Waals surface area contributed by atoms with Gasteiger partial charge < -0.3 is 14.6 Å². The van der Waals surface area contributed by atoms with E-state index in [1.807, 2.05) is 38.1 Å². The van der Waals surface area contributed by atoms with E-state index in [2.05, 4.69) is 4.98 Å². The van der Waals surface area contributed by atoms with Crippen molar-refractivity contribution in [3.8, 4) is 11.5 Å². The number of allylic oxidation sites excluding steroid dienone is 2. The third kappa shape index (κ3) is 4.51. The highest BCUT2D eigenvalue weighted by Gasteiger charge is 2.22. The largest absolute Gasteiger partial charge is 0.507 e. The van der Waals surface area contributed by atoms with Gasteiger partial charge in [0.2, 0.25) is 0 Å². The van der Waals surface area contributed by atoms with Crippen molar-refractivity contribution in [3.05, 3.63) is 64.5 Å². The molecular weight excluding hydrogens is 330 g/mol. The molecule has 0 radical (unpaired) electrons. The van der Waals surface area contributed by atoms with Gasteiger partial charge >= 0.3 is 5.97 Å². The number of aromatic nitrogens is 1. The summed E-state index contributed by atoms with van der Waals surface area (Å²) in [6, 6.07) is 7.26. The van der Waals surface area contributed by atoms with Crippen molar-refractivity contribution in [2.75, 3.05) is 14.2 Å². The van der Waals surface area contributed by atoms with Gasteiger partial charge in [-0.25, -0.2) is 4.79 Å². The van der Waals surface area contributed by atoms with E-state index >= 15 is 0 Å². The Labute approximate surface area is 153 Å². The number of nitrogens with zero attached hydrogens (tertiary/aromatic N) is 1. The summed E-state index contributed by atoms with van der Waals surface area (Å²) in [5.41, 5.74) is 2.99. The number of phenolic OH excluding ortho intramolecular Hbond substituents is 1. The van der Waals surface area contributed by atoms with Gasteiger partial charge in [-0.05, 0) is 50.1 Å². The van der Waals surface area contributed by atoms with Crippen LogP contribution in [-0.2, 0) is 11.2 Å². The Bertz CT molecular complexity index is 835. The third-order valence-corrected chi connectivity index (χ3v) is 3.84. The zero-order valence-corrected chi connectivity index (χ0v) is 15.4. The molecule has 0 aliphatic carbocycles. The molecule has 0 unspecified atom stereocenters. The number of rotatable bonds is 6. The average Bonchev–Trinajstić information content (AvgIpc) is 2.65. The van der Waals surface area contributed by atoms with Crippen molar-refractivity contribution in [2.24, 2.45) is 0 Å². The number of hydrogen-bond acceptors (Lipinski definition) is 5. The average molecular weight is 353 g/mol. The van der Waals surface area contributed by atoms with Crippen molar-refractivity contribution in [3.63, 3.8) is 0 Å². The quantitative estimate of drug-likeness (QED) is 0.621. The van der Waals surface area contributed by atoms with Crippen molar-refractivity contribution in [2.45, 2.75) is 20.3 Å². The van der Waals surface area contributed by atoms with Crippen LogP contribution in [0, 0.1) is 0 Å². The molecule has 2 rings (SSSR count). The molecule has 5 heteroatoms. The number of hydrogen-bond donors (Lipinski definition) is 1. The number of benzene rings is 1. The monoisotopic (exact) mass is 353 g/mol. The van der Waals surface area contributed by atoms with Crippen LogP contribution in [0.25, 0.3) is 12.2 Å². The summed E-state index contributed by atoms with van der Waals surface area (Å²) < 4.78 is 10.3. The first-order chi connectivity index (χ1) is 12.5. The van der Waals surface area contributed by atoms with Crippen molar-refractivity contribution < 1.29 is 19.4 Å². The lowest BCUT2D eigenvalue weighted by Crippen LogP contribution is -2.07. The van der Waals surface area contributed by atoms with E-state index < -0.39 is 5.97 Å². The lowest BCUT2D eigenvalue weighted by atomic mass is 9.97. The maximum atomic E-state index is 12.3. The zero-order chi connectivity index (χ0) is 19.1. The Morgan fingerprint density at radius 1 is 1.23 bits per heavy atom. The molecule has 0 atom stereocenters. The van der Waals surface area contributed by atoms with Crippen LogP contribution in [0.5, 0.6) is 11.5 Å². The summed E-state index contributed by atoms with van der Waals surface area (Å²) in [7, 11) is 2.82. The molecule has 0 spiro atoms. The van der Waals surface area contributed by atoms with E-state index in [0.29, 0.717) is 23.3 Å². The minimum atomic E-state index is -0.607. The molecule has 26 heavy (non-hydrogen) atoms. The summed E-state index contributed by atoms with van der Waals surface area (Å²) in [6.07, 6.45) is 7.56. The highest BCUT2D eigenvalue weighted by molar-refractivity contribution is 5.98. The Kier molecular flexibility index (Phi) is 6.55. The van der Waals surface area contributed by atoms with E-state index in [4.69, 9.17) is 9.47 Å². The summed E-state index contributed by atoms with van der Waals surface area (Å²) in [5, 5.41) is 10.7. The molecule has 0 bridgehead atoms. The first kappa shape index (κ1) is 19.2. The number of ether oxygens (including phenoxy) is 2. The number of esters is 1. The molecule has 1 N–H and O–H groups in total. The highest BCUT2D eigenvalue weighted by atomic mass is 16.5. The molecule has 0 saturated heterocycles. The molecule has 0 aliphatic heterocycles. The number of phenols is 1. The van der Waals surface area contributed by atoms with E-state index in [9.17, 15) is 9.90 Å². The number of pyridine rings is 1. The molecular formula is C21H23NO4. The SMILES string of the molecule is COC(=O)c1c(C=Cc2ccccn2)cc(OC)c(CC=C(C)C)c1O. The van der Waals surface area contributed by atoms with Gasteiger partial charge in [-0.2, -0.15) is 0 Å². The summed E-state index contributed by atoms with van der Waals surface area (Å²) in [6.45, 7) is 3.93. The number of aromatic hydroxyl groups is 1. The van der Waals surface area contributed by atoms with Gasteiger partial charge in [0.05, 0.1) is 19.9 Å². The van der Waals surface area contributed by atoms with Crippen LogP contribution in [0.15, 0.2) is 42.1 Å². The van der Waals surface area contributed by atoms with Crippen LogP contribution in [0.4, 0.5) is 0 Å². The minimum absolute atomic E-state index is 0.109. The van der Waals surface area contributed by atoms with Gasteiger partial charge in [-0.15, -0.1) is 0 Å². The summed E-state index contributed by atoms with van der Waals surface area (Å²) in [4.78, 5) is 16.5. The van der Waals surface area contributed by atoms with E-state index in [1.165, 1.54) is 14.2 Å². The second kappa shape index (κ2) is 8.85. The minimum Gasteiger partial charge on any atom is -0.507 e. The van der Waals surface area contributed by atoms with Gasteiger partial charge in [0, 0.05) is 11.8 Å². The Morgan fingerprint density at radius 3 is 2.58 bits per heavy atom. The molecule has 0 amide bonds. The van der Waals surface area contributed by atoms with Crippen LogP contribution in [0.3, 0.4) is 0 Å². The van der Waals surface area contributed by atoms with Gasteiger partial charge in [-0.3, -0.25) is 4.98 Å². The normalized spacial score (nSPS) is 10.6. The van der Waals surface area contributed by atoms with Crippen molar-refractivity contribution in [1.29, 1.82) is 0 Å². The van der Waals surface area contributed by atoms with Crippen LogP contribution < -0.4 is 4.74 Å². The second-order valence-corrected chi connectivity index (χ2v) is 5.94. The van der Waals surface area contributed by atoms with Crippen molar-refractivity contribution in [1.82, 2.24) is 4.98 Å². The number of methoxy groups -OCH3 is 2. The lowest BCUT2D eigenvalue weighted by Gasteiger charge is -2.15. The first-order valence-electron chi connectivity index (χ1n) is 8.21. The fraction of sp³-hybridized carbons (Fsp3) is 0.238. The summed E-state index contributed by atoms with van der Waals surface area (Å²) >= 11 is 0. The molecule has 0 aliphatic rings. The predicted molar refractivity (Wildman–Crippen MR) is 102 cm³/mol. The van der Waals surface area contributed by atoms with Crippen LogP contribution in [-0.4, -0.2) is 30.3 Å². The molecule has 0 fully saturated rings. The standard InChI is InChI=1S/C21H23NO4/c1-14(2)8-11-17-18(25-3)13-15(19(20(17)23)21(24)26-4)9-10-16-7-5-6-12-22-16/h5-10,12-13,23H,11H2,1-4H3. The first-order valence-corrected chi connectivity index (χ1v) is 8.21. The fourth-order valence-electron chi connectivity index (χ4n) is 2.49. The maximum Gasteiger partial charge on any atom is 0.342 e. The smallest absolute Gasteiger partial charge is 0.342 e. The Morgan fingerprint density at radius 2 is 2.00 bits per heavy atom. The molecule has 5 nitrogen and oxygen atoms in total. The molecule has 136 valence electrons. The Hall–Kier alpha value is -3.08. The number of carbonyl (C=O) groups is 1. The van der Waals surface area contributed by atoms with E-state index in [0.717, 1.165) is 11.3 Å². The van der Waals surface area contributed by atoms with Gasteiger partial charge in [0.15, 0.2) is 0 Å². The van der Waals surface area contributed by atoms with Crippen LogP contribution >= 0.6 is 0 Å². The maximum absolute atomic E-state index is 12.3. The highest BCUT2D eigenvalue weighted by Crippen LogP contribution is 2.36. The van der Waals surface area contributed by atoms with Crippen LogP contribution in [0.1, 0.15) is 41.0 Å². The van der Waals surface area contributed by atoms with Crippen molar-refractivity contribution >= 4 is 18.1 Å². The third-order valence-electron chi connectivity index (χ3n) is 3.84. The molecule has 1 aromatic heterocycles. The molecule has 0 saturated carbocycles. The predicted octanol–water partition coefficient (Wildman–Crippen LogP) is 4.26. The number of carbonyl (C=O) groups excluding carboxylic acids is 1. The molecule has 2 aromatic rings. The van der Waals surface area contributed by atoms with Gasteiger partial charge in [0.25, 0.3) is 0 Å². The topological polar surface area (TPSA) is 68.7 Å². The second-order valence-electron chi connectivity index (χ2n) is 5.94. The Balaban J connectivity index is 2.59. The summed E-state index contributed by atoms with van der Waals surface area (Å²) in [5.74, 6) is -0.230.